The van der Waals surface area contributed by atoms with Crippen LogP contribution in [0.25, 0.3) is 0 Å². The lowest BCUT2D eigenvalue weighted by Crippen LogP contribution is -2.37. The number of para-hydroxylation sites is 1. The maximum atomic E-state index is 13.6. The van der Waals surface area contributed by atoms with Crippen molar-refractivity contribution in [1.82, 2.24) is 0 Å². The van der Waals surface area contributed by atoms with Crippen LogP contribution in [-0.2, 0) is 14.4 Å². The van der Waals surface area contributed by atoms with Gasteiger partial charge in [-0.05, 0) is 48.9 Å². The lowest BCUT2D eigenvalue weighted by Gasteiger charge is -2.29. The summed E-state index contributed by atoms with van der Waals surface area (Å²) in [6.07, 6.45) is -0.859. The highest BCUT2D eigenvalue weighted by Gasteiger charge is 2.60. The monoisotopic (exact) mass is 427 g/mol. The molecule has 0 bridgehead atoms. The molecular formula is C26H25N3O3. The average molecular weight is 428 g/mol. The molecule has 0 spiro atoms. The number of hydrogen-bond donors (Lipinski definition) is 0. The SMILES string of the molecule is Cc1ccc(N2C(=O)[C@@H]3[C@H](ON(c4ccccc4)[C@@H]3c3ccc(N(C)C)cc3)C2=O)cc1. The average Bonchev–Trinajstić information content (AvgIpc) is 3.31. The van der Waals surface area contributed by atoms with Gasteiger partial charge in [0.2, 0.25) is 5.91 Å². The fourth-order valence-electron chi connectivity index (χ4n) is 4.47. The zero-order valence-corrected chi connectivity index (χ0v) is 18.3. The summed E-state index contributed by atoms with van der Waals surface area (Å²) in [7, 11) is 3.97. The second-order valence-electron chi connectivity index (χ2n) is 8.49. The van der Waals surface area contributed by atoms with Crippen LogP contribution in [0.5, 0.6) is 0 Å². The predicted octanol–water partition coefficient (Wildman–Crippen LogP) is 4.11. The second kappa shape index (κ2) is 7.80. The van der Waals surface area contributed by atoms with Crippen LogP contribution in [0.1, 0.15) is 17.2 Å². The van der Waals surface area contributed by atoms with Gasteiger partial charge in [0.15, 0.2) is 6.10 Å². The Labute approximate surface area is 187 Å². The molecule has 0 radical (unpaired) electrons. The van der Waals surface area contributed by atoms with Gasteiger partial charge in [0.25, 0.3) is 5.91 Å². The number of benzene rings is 3. The Morgan fingerprint density at radius 3 is 2.06 bits per heavy atom. The third kappa shape index (κ3) is 3.24. The van der Waals surface area contributed by atoms with Crippen molar-refractivity contribution >= 4 is 28.9 Å². The van der Waals surface area contributed by atoms with Crippen LogP contribution in [0.2, 0.25) is 0 Å². The Kier molecular flexibility index (Phi) is 4.94. The molecule has 3 atom stereocenters. The van der Waals surface area contributed by atoms with Crippen molar-refractivity contribution in [2.24, 2.45) is 5.92 Å². The minimum atomic E-state index is -0.859. The Bertz CT molecular complexity index is 1140. The normalized spacial score (nSPS) is 22.4. The van der Waals surface area contributed by atoms with E-state index in [1.165, 1.54) is 4.90 Å². The van der Waals surface area contributed by atoms with Gasteiger partial charge in [-0.25, -0.2) is 9.96 Å². The number of rotatable bonds is 4. The first-order chi connectivity index (χ1) is 15.5. The van der Waals surface area contributed by atoms with Gasteiger partial charge in [-0.1, -0.05) is 48.0 Å². The van der Waals surface area contributed by atoms with E-state index in [9.17, 15) is 9.59 Å². The van der Waals surface area contributed by atoms with Crippen molar-refractivity contribution in [1.29, 1.82) is 0 Å². The molecular weight excluding hydrogens is 402 g/mol. The fraction of sp³-hybridized carbons (Fsp3) is 0.231. The van der Waals surface area contributed by atoms with Gasteiger partial charge in [0.1, 0.15) is 5.92 Å². The molecule has 2 fully saturated rings. The standard InChI is InChI=1S/C26H25N3O3/c1-17-9-13-20(14-10-17)28-25(30)22-23(18-11-15-19(16-12-18)27(2)3)29(32-24(22)26(28)31)21-7-5-4-6-8-21/h4-16,22-24H,1-3H3/t22-,23+,24-/m0/s1. The number of nitrogens with zero attached hydrogens (tertiary/aromatic N) is 3. The molecule has 2 amide bonds. The number of hydroxylamine groups is 1. The van der Waals surface area contributed by atoms with Gasteiger partial charge in [0.05, 0.1) is 17.4 Å². The number of imide groups is 1. The molecule has 32 heavy (non-hydrogen) atoms. The van der Waals surface area contributed by atoms with Crippen LogP contribution < -0.4 is 14.9 Å². The third-order valence-electron chi connectivity index (χ3n) is 6.17. The molecule has 0 unspecified atom stereocenters. The number of carbonyl (C=O) groups excluding carboxylic acids is 2. The van der Waals surface area contributed by atoms with E-state index in [0.29, 0.717) is 5.69 Å². The topological polar surface area (TPSA) is 53.1 Å². The summed E-state index contributed by atoms with van der Waals surface area (Å²) in [6.45, 7) is 1.97. The first kappa shape index (κ1) is 20.3. The molecule has 2 saturated heterocycles. The van der Waals surface area contributed by atoms with Crippen LogP contribution >= 0.6 is 0 Å². The molecule has 2 aliphatic rings. The van der Waals surface area contributed by atoms with Crippen LogP contribution in [0, 0.1) is 12.8 Å². The summed E-state index contributed by atoms with van der Waals surface area (Å²) < 4.78 is 0. The lowest BCUT2D eigenvalue weighted by molar-refractivity contribution is -0.126. The van der Waals surface area contributed by atoms with Crippen molar-refractivity contribution in [3.05, 3.63) is 90.0 Å². The number of anilines is 3. The van der Waals surface area contributed by atoms with Gasteiger partial charge in [0, 0.05) is 19.8 Å². The zero-order valence-electron chi connectivity index (χ0n) is 18.3. The van der Waals surface area contributed by atoms with E-state index in [2.05, 4.69) is 0 Å². The first-order valence-corrected chi connectivity index (χ1v) is 10.7. The van der Waals surface area contributed by atoms with Crippen LogP contribution in [-0.4, -0.2) is 32.0 Å². The number of amides is 2. The number of carbonyl (C=O) groups is 2. The van der Waals surface area contributed by atoms with Crippen molar-refractivity contribution in [3.63, 3.8) is 0 Å². The highest BCUT2D eigenvalue weighted by molar-refractivity contribution is 6.23. The predicted molar refractivity (Wildman–Crippen MR) is 124 cm³/mol. The second-order valence-corrected chi connectivity index (χ2v) is 8.49. The molecule has 2 heterocycles. The van der Waals surface area contributed by atoms with Crippen molar-refractivity contribution in [2.45, 2.75) is 19.1 Å². The third-order valence-corrected chi connectivity index (χ3v) is 6.17. The number of fused-ring (bicyclic) bond motifs is 1. The Morgan fingerprint density at radius 2 is 1.44 bits per heavy atom. The smallest absolute Gasteiger partial charge is 0.266 e. The summed E-state index contributed by atoms with van der Waals surface area (Å²) in [5, 5.41) is 1.72. The van der Waals surface area contributed by atoms with Crippen LogP contribution in [0.4, 0.5) is 17.1 Å². The molecule has 3 aromatic rings. The highest BCUT2D eigenvalue weighted by atomic mass is 16.7. The minimum absolute atomic E-state index is 0.232. The molecule has 0 N–H and O–H groups in total. The Balaban J connectivity index is 1.56. The molecule has 6 heteroatoms. The van der Waals surface area contributed by atoms with E-state index in [1.54, 1.807) is 5.06 Å². The summed E-state index contributed by atoms with van der Waals surface area (Å²) in [4.78, 5) is 36.4. The fourth-order valence-corrected chi connectivity index (χ4v) is 4.47. The lowest BCUT2D eigenvalue weighted by atomic mass is 9.90. The quantitative estimate of drug-likeness (QED) is 0.587. The van der Waals surface area contributed by atoms with Gasteiger partial charge >= 0.3 is 0 Å². The van der Waals surface area contributed by atoms with E-state index in [0.717, 1.165) is 22.5 Å². The Morgan fingerprint density at radius 1 is 0.781 bits per heavy atom. The van der Waals surface area contributed by atoms with E-state index in [4.69, 9.17) is 4.84 Å². The van der Waals surface area contributed by atoms with Gasteiger partial charge < -0.3 is 4.90 Å². The molecule has 0 aromatic heterocycles. The van der Waals surface area contributed by atoms with E-state index < -0.39 is 18.1 Å². The first-order valence-electron chi connectivity index (χ1n) is 10.7. The number of hydrogen-bond acceptors (Lipinski definition) is 5. The molecule has 0 aliphatic carbocycles. The maximum Gasteiger partial charge on any atom is 0.266 e. The van der Waals surface area contributed by atoms with Crippen molar-refractivity contribution in [3.8, 4) is 0 Å². The summed E-state index contributed by atoms with van der Waals surface area (Å²) >= 11 is 0. The minimum Gasteiger partial charge on any atom is -0.378 e. The highest BCUT2D eigenvalue weighted by Crippen LogP contribution is 2.47. The maximum absolute atomic E-state index is 13.6. The molecule has 3 aromatic carbocycles. The van der Waals surface area contributed by atoms with Crippen molar-refractivity contribution < 1.29 is 14.4 Å². The molecule has 2 aliphatic heterocycles. The summed E-state index contributed by atoms with van der Waals surface area (Å²) in [5.41, 5.74) is 4.45. The van der Waals surface area contributed by atoms with E-state index in [-0.39, 0.29) is 11.8 Å². The van der Waals surface area contributed by atoms with Gasteiger partial charge in [-0.2, -0.15) is 0 Å². The molecule has 162 valence electrons. The summed E-state index contributed by atoms with van der Waals surface area (Å²) in [5.74, 6) is -1.18. The van der Waals surface area contributed by atoms with Gasteiger partial charge in [-0.15, -0.1) is 0 Å². The van der Waals surface area contributed by atoms with Gasteiger partial charge in [-0.3, -0.25) is 14.4 Å². The van der Waals surface area contributed by atoms with Crippen LogP contribution in [0.15, 0.2) is 78.9 Å². The molecule has 6 nitrogen and oxygen atoms in total. The van der Waals surface area contributed by atoms with Crippen LogP contribution in [0.3, 0.4) is 0 Å². The summed E-state index contributed by atoms with van der Waals surface area (Å²) in [6, 6.07) is 24.7. The molecule has 5 rings (SSSR count). The molecule has 0 saturated carbocycles. The number of aryl methyl sites for hydroxylation is 1. The zero-order chi connectivity index (χ0) is 22.4. The van der Waals surface area contributed by atoms with E-state index in [1.807, 2.05) is 105 Å². The Hall–Kier alpha value is -3.64. The van der Waals surface area contributed by atoms with Crippen molar-refractivity contribution in [2.75, 3.05) is 29.0 Å². The largest absolute Gasteiger partial charge is 0.378 e. The van der Waals surface area contributed by atoms with E-state index >= 15 is 0 Å².